The van der Waals surface area contributed by atoms with Crippen molar-refractivity contribution in [1.82, 2.24) is 10.6 Å². The lowest BCUT2D eigenvalue weighted by Crippen LogP contribution is -2.45. The van der Waals surface area contributed by atoms with Gasteiger partial charge in [0.15, 0.2) is 0 Å². The number of nitrogens with one attached hydrogen (secondary N) is 2. The largest absolute Gasteiger partial charge is 0.497 e. The Labute approximate surface area is 194 Å². The van der Waals surface area contributed by atoms with Gasteiger partial charge in [-0.2, -0.15) is 0 Å². The molecule has 2 aromatic rings. The highest BCUT2D eigenvalue weighted by Gasteiger charge is 2.24. The van der Waals surface area contributed by atoms with Gasteiger partial charge in [-0.1, -0.05) is 24.3 Å². The molecule has 2 N–H and O–H groups in total. The maximum Gasteiger partial charge on any atom is 0.315 e. The van der Waals surface area contributed by atoms with Crippen molar-refractivity contribution in [3.63, 3.8) is 0 Å². The second-order valence-corrected chi connectivity index (χ2v) is 7.95. The molecule has 33 heavy (non-hydrogen) atoms. The van der Waals surface area contributed by atoms with Crippen LogP contribution in [0, 0.1) is 0 Å². The Morgan fingerprint density at radius 2 is 1.70 bits per heavy atom. The monoisotopic (exact) mass is 453 g/mol. The first kappa shape index (κ1) is 24.1. The van der Waals surface area contributed by atoms with E-state index in [0.29, 0.717) is 25.2 Å². The molecule has 176 valence electrons. The van der Waals surface area contributed by atoms with E-state index in [9.17, 15) is 14.4 Å². The smallest absolute Gasteiger partial charge is 0.315 e. The molecule has 0 saturated carbocycles. The van der Waals surface area contributed by atoms with Crippen molar-refractivity contribution in [2.75, 3.05) is 38.8 Å². The third kappa shape index (κ3) is 6.97. The Hall–Kier alpha value is -3.55. The normalized spacial score (nSPS) is 13.8. The Bertz CT molecular complexity index is 953. The van der Waals surface area contributed by atoms with Crippen LogP contribution in [0.3, 0.4) is 0 Å². The molecule has 0 unspecified atom stereocenters. The summed E-state index contributed by atoms with van der Waals surface area (Å²) in [6, 6.07) is 15.4. The highest BCUT2D eigenvalue weighted by atomic mass is 16.5. The minimum Gasteiger partial charge on any atom is -0.497 e. The first-order valence-corrected chi connectivity index (χ1v) is 11.1. The van der Waals surface area contributed by atoms with Gasteiger partial charge < -0.3 is 25.0 Å². The van der Waals surface area contributed by atoms with Crippen LogP contribution < -0.4 is 20.3 Å². The zero-order chi connectivity index (χ0) is 23.6. The van der Waals surface area contributed by atoms with Gasteiger partial charge in [0.25, 0.3) is 5.91 Å². The number of ether oxygens (including phenoxy) is 2. The SMILES string of the molecule is COC(=O)CC(=O)NC1CCN(c2ccccc2C(=O)NCCc2ccc(OC)cc2)CC1. The average Bonchev–Trinajstić information content (AvgIpc) is 2.84. The molecule has 1 saturated heterocycles. The standard InChI is InChI=1S/C25H31N3O5/c1-32-20-9-7-18(8-10-20)11-14-26-25(31)21-5-3-4-6-22(21)28-15-12-19(13-16-28)27-23(29)17-24(30)33-2/h3-10,19H,11-17H2,1-2H3,(H,26,31)(H,27,29). The molecule has 3 rings (SSSR count). The van der Waals surface area contributed by atoms with Crippen LogP contribution in [-0.4, -0.2) is 57.7 Å². The van der Waals surface area contributed by atoms with E-state index in [0.717, 1.165) is 36.3 Å². The van der Waals surface area contributed by atoms with Crippen LogP contribution in [0.4, 0.5) is 5.69 Å². The number of carbonyl (C=O) groups excluding carboxylic acids is 3. The van der Waals surface area contributed by atoms with E-state index in [4.69, 9.17) is 4.74 Å². The van der Waals surface area contributed by atoms with Crippen molar-refractivity contribution in [3.8, 4) is 5.75 Å². The second-order valence-electron chi connectivity index (χ2n) is 7.95. The summed E-state index contributed by atoms with van der Waals surface area (Å²) in [7, 11) is 2.90. The van der Waals surface area contributed by atoms with Gasteiger partial charge in [0.05, 0.1) is 19.8 Å². The number of para-hydroxylation sites is 1. The second kappa shape index (κ2) is 11.9. The predicted molar refractivity (Wildman–Crippen MR) is 125 cm³/mol. The molecule has 0 bridgehead atoms. The molecular weight excluding hydrogens is 422 g/mol. The van der Waals surface area contributed by atoms with Gasteiger partial charge in [-0.25, -0.2) is 0 Å². The fourth-order valence-electron chi connectivity index (χ4n) is 3.90. The zero-order valence-corrected chi connectivity index (χ0v) is 19.1. The van der Waals surface area contributed by atoms with E-state index >= 15 is 0 Å². The number of rotatable bonds is 9. The average molecular weight is 454 g/mol. The van der Waals surface area contributed by atoms with Crippen LogP contribution in [0.25, 0.3) is 0 Å². The van der Waals surface area contributed by atoms with Crippen LogP contribution in [0.5, 0.6) is 5.75 Å². The number of piperidine rings is 1. The first-order chi connectivity index (χ1) is 16.0. The Balaban J connectivity index is 1.51. The number of methoxy groups -OCH3 is 2. The lowest BCUT2D eigenvalue weighted by Gasteiger charge is -2.34. The van der Waals surface area contributed by atoms with Crippen molar-refractivity contribution in [1.29, 1.82) is 0 Å². The topological polar surface area (TPSA) is 97.0 Å². The number of nitrogens with zero attached hydrogens (tertiary/aromatic N) is 1. The number of anilines is 1. The van der Waals surface area contributed by atoms with Crippen LogP contribution in [-0.2, 0) is 20.7 Å². The highest BCUT2D eigenvalue weighted by Crippen LogP contribution is 2.24. The lowest BCUT2D eigenvalue weighted by molar-refractivity contribution is -0.144. The quantitative estimate of drug-likeness (QED) is 0.447. The Morgan fingerprint density at radius 1 is 1.00 bits per heavy atom. The summed E-state index contributed by atoms with van der Waals surface area (Å²) < 4.78 is 9.70. The number of carbonyl (C=O) groups is 3. The molecule has 1 fully saturated rings. The zero-order valence-electron chi connectivity index (χ0n) is 19.1. The van der Waals surface area contributed by atoms with Crippen LogP contribution in [0.1, 0.15) is 35.2 Å². The molecule has 2 aromatic carbocycles. The summed E-state index contributed by atoms with van der Waals surface area (Å²) in [6.07, 6.45) is 1.94. The molecular formula is C25H31N3O5. The van der Waals surface area contributed by atoms with Gasteiger partial charge in [0.2, 0.25) is 5.91 Å². The molecule has 2 amide bonds. The first-order valence-electron chi connectivity index (χ1n) is 11.1. The molecule has 0 radical (unpaired) electrons. The third-order valence-electron chi connectivity index (χ3n) is 5.74. The third-order valence-corrected chi connectivity index (χ3v) is 5.74. The fourth-order valence-corrected chi connectivity index (χ4v) is 3.90. The molecule has 0 aliphatic carbocycles. The van der Waals surface area contributed by atoms with E-state index in [1.54, 1.807) is 7.11 Å². The van der Waals surface area contributed by atoms with Crippen molar-refractivity contribution in [2.45, 2.75) is 31.7 Å². The van der Waals surface area contributed by atoms with Crippen molar-refractivity contribution < 1.29 is 23.9 Å². The summed E-state index contributed by atoms with van der Waals surface area (Å²) in [5.41, 5.74) is 2.65. The summed E-state index contributed by atoms with van der Waals surface area (Å²) in [4.78, 5) is 38.2. The van der Waals surface area contributed by atoms with Crippen molar-refractivity contribution >= 4 is 23.5 Å². The minimum atomic E-state index is -0.545. The van der Waals surface area contributed by atoms with Crippen molar-refractivity contribution in [3.05, 3.63) is 59.7 Å². The lowest BCUT2D eigenvalue weighted by atomic mass is 10.0. The summed E-state index contributed by atoms with van der Waals surface area (Å²) in [5.74, 6) is -0.162. The van der Waals surface area contributed by atoms with Gasteiger partial charge in [-0.05, 0) is 49.1 Å². The molecule has 0 aromatic heterocycles. The number of amides is 2. The maximum absolute atomic E-state index is 12.9. The van der Waals surface area contributed by atoms with E-state index in [2.05, 4.69) is 20.3 Å². The van der Waals surface area contributed by atoms with Gasteiger partial charge in [-0.3, -0.25) is 14.4 Å². The van der Waals surface area contributed by atoms with Crippen LogP contribution in [0.15, 0.2) is 48.5 Å². The van der Waals surface area contributed by atoms with Crippen molar-refractivity contribution in [2.24, 2.45) is 0 Å². The van der Waals surface area contributed by atoms with E-state index in [1.807, 2.05) is 48.5 Å². The Kier molecular flexibility index (Phi) is 8.69. The Morgan fingerprint density at radius 3 is 2.36 bits per heavy atom. The molecule has 1 heterocycles. The van der Waals surface area contributed by atoms with Gasteiger partial charge in [0, 0.05) is 31.4 Å². The molecule has 1 aliphatic rings. The van der Waals surface area contributed by atoms with Crippen LogP contribution >= 0.6 is 0 Å². The van der Waals surface area contributed by atoms with Gasteiger partial charge in [0.1, 0.15) is 12.2 Å². The predicted octanol–water partition coefficient (Wildman–Crippen LogP) is 2.32. The summed E-state index contributed by atoms with van der Waals surface area (Å²) in [6.45, 7) is 1.95. The summed E-state index contributed by atoms with van der Waals surface area (Å²) >= 11 is 0. The van der Waals surface area contributed by atoms with Gasteiger partial charge in [-0.15, -0.1) is 0 Å². The number of hydrogen-bond acceptors (Lipinski definition) is 6. The summed E-state index contributed by atoms with van der Waals surface area (Å²) in [5, 5.41) is 5.91. The molecule has 0 spiro atoms. The molecule has 8 nitrogen and oxygen atoms in total. The molecule has 8 heteroatoms. The molecule has 0 atom stereocenters. The van der Waals surface area contributed by atoms with Crippen LogP contribution in [0.2, 0.25) is 0 Å². The fraction of sp³-hybridized carbons (Fsp3) is 0.400. The van der Waals surface area contributed by atoms with E-state index in [1.165, 1.54) is 7.11 Å². The molecule has 1 aliphatic heterocycles. The minimum absolute atomic E-state index is 0.00360. The van der Waals surface area contributed by atoms with Gasteiger partial charge >= 0.3 is 5.97 Å². The van der Waals surface area contributed by atoms with E-state index < -0.39 is 5.97 Å². The number of benzene rings is 2. The highest BCUT2D eigenvalue weighted by molar-refractivity contribution is 5.99. The number of esters is 1. The maximum atomic E-state index is 12.9. The number of hydrogen-bond donors (Lipinski definition) is 2. The van der Waals surface area contributed by atoms with E-state index in [-0.39, 0.29) is 24.3 Å².